The minimum absolute atomic E-state index is 0.0905. The summed E-state index contributed by atoms with van der Waals surface area (Å²) >= 11 is 0. The third kappa shape index (κ3) is 10.3. The highest BCUT2D eigenvalue weighted by Crippen LogP contribution is 2.23. The molecule has 0 aliphatic heterocycles. The van der Waals surface area contributed by atoms with Crippen LogP contribution in [0.4, 0.5) is 18.4 Å². The molecule has 2 N–H and O–H groups in total. The molecule has 2 heterocycles. The number of carbonyl (C=O) groups excluding carboxylic acids is 2. The maximum absolute atomic E-state index is 14.4. The van der Waals surface area contributed by atoms with Crippen molar-refractivity contribution < 1.29 is 27.8 Å². The molecule has 0 aliphatic rings. The Balaban J connectivity index is 0.000000218. The van der Waals surface area contributed by atoms with E-state index in [1.165, 1.54) is 39.5 Å². The van der Waals surface area contributed by atoms with E-state index in [9.17, 15) is 28.0 Å². The number of carbonyl (C=O) groups is 2. The minimum atomic E-state index is -0.665. The second kappa shape index (κ2) is 17.1. The van der Waals surface area contributed by atoms with Gasteiger partial charge in [-0.1, -0.05) is 49.4 Å². The van der Waals surface area contributed by atoms with Gasteiger partial charge in [0.1, 0.15) is 39.9 Å². The van der Waals surface area contributed by atoms with Crippen LogP contribution in [0.3, 0.4) is 0 Å². The Hall–Kier alpha value is -6.44. The Bertz CT molecular complexity index is 2510. The molecule has 57 heavy (non-hydrogen) atoms. The van der Waals surface area contributed by atoms with Crippen molar-refractivity contribution in [3.05, 3.63) is 141 Å². The number of ether oxygens (including phenoxy) is 2. The smallest absolute Gasteiger partial charge is 0.408 e. The van der Waals surface area contributed by atoms with Crippen LogP contribution in [0.15, 0.2) is 107 Å². The molecule has 2 aromatic heterocycles. The normalized spacial score (nSPS) is 12.6. The van der Waals surface area contributed by atoms with Gasteiger partial charge < -0.3 is 20.1 Å². The van der Waals surface area contributed by atoms with Crippen LogP contribution in [0.1, 0.15) is 85.5 Å². The van der Waals surface area contributed by atoms with Crippen LogP contribution in [-0.2, 0) is 9.47 Å². The molecule has 0 saturated heterocycles. The molecule has 14 heteroatoms. The monoisotopic (exact) mass is 780 g/mol. The van der Waals surface area contributed by atoms with E-state index in [4.69, 9.17) is 9.47 Å². The molecule has 0 radical (unpaired) electrons. The molecule has 2 atom stereocenters. The zero-order valence-corrected chi connectivity index (χ0v) is 33.1. The number of halogens is 2. The first-order chi connectivity index (χ1) is 26.9. The molecule has 4 aromatic carbocycles. The average molecular weight is 781 g/mol. The molecular formula is C43H46F2N6O6. The van der Waals surface area contributed by atoms with Gasteiger partial charge in [0.05, 0.1) is 39.9 Å². The van der Waals surface area contributed by atoms with Crippen molar-refractivity contribution in [2.45, 2.75) is 85.1 Å². The molecule has 0 saturated carbocycles. The topological polar surface area (TPSA) is 146 Å². The maximum atomic E-state index is 14.4. The van der Waals surface area contributed by atoms with Gasteiger partial charge in [-0.2, -0.15) is 0 Å². The van der Waals surface area contributed by atoms with Crippen LogP contribution in [-0.4, -0.2) is 42.5 Å². The predicted molar refractivity (Wildman–Crippen MR) is 215 cm³/mol. The molecular weight excluding hydrogens is 735 g/mol. The van der Waals surface area contributed by atoms with Crippen LogP contribution < -0.4 is 21.8 Å². The van der Waals surface area contributed by atoms with Crippen molar-refractivity contribution in [3.63, 3.8) is 0 Å². The van der Waals surface area contributed by atoms with Gasteiger partial charge >= 0.3 is 12.2 Å². The van der Waals surface area contributed by atoms with Crippen LogP contribution in [0.2, 0.25) is 0 Å². The van der Waals surface area contributed by atoms with E-state index in [1.807, 2.05) is 19.1 Å². The maximum Gasteiger partial charge on any atom is 0.408 e. The summed E-state index contributed by atoms with van der Waals surface area (Å²) in [5.74, 6) is -0.517. The van der Waals surface area contributed by atoms with Gasteiger partial charge in [-0.3, -0.25) is 18.7 Å². The predicted octanol–water partition coefficient (Wildman–Crippen LogP) is 8.61. The van der Waals surface area contributed by atoms with E-state index >= 15 is 0 Å². The summed E-state index contributed by atoms with van der Waals surface area (Å²) in [6.45, 7) is 14.2. The Kier molecular flexibility index (Phi) is 12.5. The van der Waals surface area contributed by atoms with Crippen molar-refractivity contribution >= 4 is 34.0 Å². The van der Waals surface area contributed by atoms with Gasteiger partial charge in [0.15, 0.2) is 0 Å². The summed E-state index contributed by atoms with van der Waals surface area (Å²) in [6, 6.07) is 24.7. The van der Waals surface area contributed by atoms with Gasteiger partial charge in [-0.25, -0.2) is 28.3 Å². The van der Waals surface area contributed by atoms with Gasteiger partial charge in [0.25, 0.3) is 11.1 Å². The average Bonchev–Trinajstić information content (AvgIpc) is 3.13. The van der Waals surface area contributed by atoms with Crippen LogP contribution in [0, 0.1) is 11.6 Å². The number of nitrogens with zero attached hydrogens (tertiary/aromatic N) is 4. The number of hydrogen-bond donors (Lipinski definition) is 2. The van der Waals surface area contributed by atoms with E-state index in [0.29, 0.717) is 35.0 Å². The third-order valence-electron chi connectivity index (χ3n) is 8.29. The quantitative estimate of drug-likeness (QED) is 0.164. The van der Waals surface area contributed by atoms with Crippen molar-refractivity contribution in [1.29, 1.82) is 0 Å². The summed E-state index contributed by atoms with van der Waals surface area (Å²) in [6.07, 6.45) is -0.773. The second-order valence-corrected chi connectivity index (χ2v) is 15.2. The number of amides is 2. The molecule has 2 amide bonds. The Morgan fingerprint density at radius 2 is 1.21 bits per heavy atom. The highest BCUT2D eigenvalue weighted by molar-refractivity contribution is 5.79. The van der Waals surface area contributed by atoms with E-state index in [2.05, 4.69) is 20.6 Å². The molecule has 0 unspecified atom stereocenters. The summed E-state index contributed by atoms with van der Waals surface area (Å²) in [4.78, 5) is 60.0. The zero-order valence-electron chi connectivity index (χ0n) is 33.1. The van der Waals surface area contributed by atoms with Gasteiger partial charge in [-0.15, -0.1) is 0 Å². The van der Waals surface area contributed by atoms with E-state index in [1.54, 1.807) is 103 Å². The molecule has 0 bridgehead atoms. The lowest BCUT2D eigenvalue weighted by atomic mass is 10.1. The number of benzene rings is 4. The standard InChI is InChI=1S/C22H24FN3O3.C21H22FN3O3/c1-5-16(25-21(28)29-22(2,3)4)19-24-17-13-9-12-15(23)18(17)20(27)26(19)14-10-7-6-8-11-14;1-13(23-20(27)28-21(2,3)4)18-24-17-11-10-14(22)12-16(17)19(26)25(18)15-8-6-5-7-9-15/h6-13,16H,5H2,1-4H3,(H,25,28);5-13H,1-4H3,(H,23,27)/t16-;13-/m00/s1. The number of para-hydroxylation sites is 2. The number of rotatable bonds is 7. The fourth-order valence-corrected chi connectivity index (χ4v) is 5.91. The largest absolute Gasteiger partial charge is 0.444 e. The fraction of sp³-hybridized carbons (Fsp3) is 0.302. The number of nitrogens with one attached hydrogen (secondary N) is 2. The minimum Gasteiger partial charge on any atom is -0.444 e. The Labute approximate surface area is 328 Å². The van der Waals surface area contributed by atoms with Crippen LogP contribution in [0.5, 0.6) is 0 Å². The summed E-state index contributed by atoms with van der Waals surface area (Å²) < 4.78 is 41.5. The summed E-state index contributed by atoms with van der Waals surface area (Å²) in [5, 5.41) is 5.56. The fourth-order valence-electron chi connectivity index (χ4n) is 5.91. The van der Waals surface area contributed by atoms with Gasteiger partial charge in [-0.05, 0) is 109 Å². The first-order valence-corrected chi connectivity index (χ1v) is 18.4. The van der Waals surface area contributed by atoms with E-state index < -0.39 is 58.2 Å². The Morgan fingerprint density at radius 1 is 0.684 bits per heavy atom. The van der Waals surface area contributed by atoms with Crippen molar-refractivity contribution in [2.75, 3.05) is 0 Å². The second-order valence-electron chi connectivity index (χ2n) is 15.2. The molecule has 0 aliphatic carbocycles. The SMILES string of the molecule is CC[C@H](NC(=O)OC(C)(C)C)c1nc2cccc(F)c2c(=O)n1-c1ccccc1.C[C@H](NC(=O)OC(C)(C)C)c1nc2ccc(F)cc2c(=O)n1-c1ccccc1. The number of alkyl carbamates (subject to hydrolysis) is 2. The molecule has 6 rings (SSSR count). The highest BCUT2D eigenvalue weighted by atomic mass is 19.1. The van der Waals surface area contributed by atoms with Gasteiger partial charge in [0, 0.05) is 0 Å². The lowest BCUT2D eigenvalue weighted by Gasteiger charge is -2.24. The zero-order chi connectivity index (χ0) is 41.7. The lowest BCUT2D eigenvalue weighted by molar-refractivity contribution is 0.0490. The van der Waals surface area contributed by atoms with Crippen molar-refractivity contribution in [3.8, 4) is 11.4 Å². The van der Waals surface area contributed by atoms with Crippen LogP contribution in [0.25, 0.3) is 33.2 Å². The molecule has 6 aromatic rings. The van der Waals surface area contributed by atoms with Crippen molar-refractivity contribution in [2.24, 2.45) is 0 Å². The van der Waals surface area contributed by atoms with Crippen LogP contribution >= 0.6 is 0 Å². The first-order valence-electron chi connectivity index (χ1n) is 18.4. The van der Waals surface area contributed by atoms with E-state index in [0.717, 1.165) is 0 Å². The number of hydrogen-bond acceptors (Lipinski definition) is 8. The van der Waals surface area contributed by atoms with E-state index in [-0.39, 0.29) is 16.3 Å². The van der Waals surface area contributed by atoms with Crippen molar-refractivity contribution in [1.82, 2.24) is 29.7 Å². The van der Waals surface area contributed by atoms with Gasteiger partial charge in [0.2, 0.25) is 0 Å². The Morgan fingerprint density at radius 3 is 1.75 bits per heavy atom. The highest BCUT2D eigenvalue weighted by Gasteiger charge is 2.26. The lowest BCUT2D eigenvalue weighted by Crippen LogP contribution is -2.37. The summed E-state index contributed by atoms with van der Waals surface area (Å²) in [5.41, 5.74) is -0.567. The third-order valence-corrected chi connectivity index (χ3v) is 8.29. The molecule has 12 nitrogen and oxygen atoms in total. The molecule has 298 valence electrons. The molecule has 0 fully saturated rings. The molecule has 0 spiro atoms. The first kappa shape index (κ1) is 41.7. The number of aromatic nitrogens is 4. The summed E-state index contributed by atoms with van der Waals surface area (Å²) in [7, 11) is 0. The number of fused-ring (bicyclic) bond motifs is 2.